The van der Waals surface area contributed by atoms with Gasteiger partial charge in [0.05, 0.1) is 23.6 Å². The number of carbonyl (C=O) groups is 1. The number of para-hydroxylation sites is 3. The summed E-state index contributed by atoms with van der Waals surface area (Å²) in [7, 11) is 1.61. The summed E-state index contributed by atoms with van der Waals surface area (Å²) in [6, 6.07) is 15.6. The SMILES string of the molecule is COc1ccccc1N1C(=O)C(C)SC1c1cc2cccc(C)c2nc1Cl. The molecule has 1 amide bonds. The number of pyridine rings is 1. The summed E-state index contributed by atoms with van der Waals surface area (Å²) in [4.78, 5) is 19.4. The highest BCUT2D eigenvalue weighted by atomic mass is 35.5. The summed E-state index contributed by atoms with van der Waals surface area (Å²) < 4.78 is 5.49. The zero-order valence-corrected chi connectivity index (χ0v) is 16.8. The topological polar surface area (TPSA) is 42.4 Å². The maximum Gasteiger partial charge on any atom is 0.241 e. The van der Waals surface area contributed by atoms with E-state index in [1.165, 1.54) is 0 Å². The molecule has 0 N–H and O–H groups in total. The molecule has 2 atom stereocenters. The molecule has 0 spiro atoms. The molecule has 27 heavy (non-hydrogen) atoms. The van der Waals surface area contributed by atoms with Gasteiger partial charge in [-0.15, -0.1) is 11.8 Å². The Morgan fingerprint density at radius 1 is 1.19 bits per heavy atom. The lowest BCUT2D eigenvalue weighted by molar-refractivity contribution is -0.117. The lowest BCUT2D eigenvalue weighted by Crippen LogP contribution is -2.30. The molecule has 1 aliphatic rings. The van der Waals surface area contributed by atoms with Crippen molar-refractivity contribution >= 4 is 45.9 Å². The van der Waals surface area contributed by atoms with Crippen LogP contribution in [-0.2, 0) is 4.79 Å². The normalized spacial score (nSPS) is 19.7. The number of halogens is 1. The van der Waals surface area contributed by atoms with E-state index in [9.17, 15) is 4.79 Å². The molecule has 2 heterocycles. The fourth-order valence-electron chi connectivity index (χ4n) is 3.42. The van der Waals surface area contributed by atoms with Crippen molar-refractivity contribution in [1.29, 1.82) is 0 Å². The molecular formula is C21H19ClN2O2S. The van der Waals surface area contributed by atoms with E-state index in [4.69, 9.17) is 16.3 Å². The van der Waals surface area contributed by atoms with Crippen LogP contribution in [-0.4, -0.2) is 23.3 Å². The first-order chi connectivity index (χ1) is 13.0. The number of rotatable bonds is 3. The van der Waals surface area contributed by atoms with Crippen LogP contribution in [0.5, 0.6) is 5.75 Å². The van der Waals surface area contributed by atoms with Gasteiger partial charge in [-0.1, -0.05) is 41.9 Å². The summed E-state index contributed by atoms with van der Waals surface area (Å²) in [6.45, 7) is 3.93. The summed E-state index contributed by atoms with van der Waals surface area (Å²) in [5.41, 5.74) is 3.54. The highest BCUT2D eigenvalue weighted by Crippen LogP contribution is 2.49. The Hall–Kier alpha value is -2.24. The lowest BCUT2D eigenvalue weighted by atomic mass is 10.1. The van der Waals surface area contributed by atoms with Crippen molar-refractivity contribution in [3.05, 3.63) is 64.8 Å². The van der Waals surface area contributed by atoms with Crippen LogP contribution in [0.15, 0.2) is 48.5 Å². The monoisotopic (exact) mass is 398 g/mol. The highest BCUT2D eigenvalue weighted by Gasteiger charge is 2.41. The molecule has 4 nitrogen and oxygen atoms in total. The van der Waals surface area contributed by atoms with E-state index in [-0.39, 0.29) is 16.5 Å². The van der Waals surface area contributed by atoms with Crippen molar-refractivity contribution < 1.29 is 9.53 Å². The number of carbonyl (C=O) groups excluding carboxylic acids is 1. The first-order valence-corrected chi connectivity index (χ1v) is 10.0. The molecule has 2 aromatic carbocycles. The molecule has 0 aliphatic carbocycles. The van der Waals surface area contributed by atoms with E-state index in [0.717, 1.165) is 27.7 Å². The fourth-order valence-corrected chi connectivity index (χ4v) is 5.01. The third kappa shape index (κ3) is 3.05. The van der Waals surface area contributed by atoms with E-state index in [0.29, 0.717) is 10.9 Å². The van der Waals surface area contributed by atoms with Gasteiger partial charge in [0.15, 0.2) is 0 Å². The second-order valence-electron chi connectivity index (χ2n) is 6.53. The van der Waals surface area contributed by atoms with Crippen LogP contribution in [0, 0.1) is 6.92 Å². The number of hydrogen-bond donors (Lipinski definition) is 0. The van der Waals surface area contributed by atoms with Crippen LogP contribution in [0.2, 0.25) is 5.15 Å². The predicted molar refractivity (Wildman–Crippen MR) is 112 cm³/mol. The number of amides is 1. The van der Waals surface area contributed by atoms with Gasteiger partial charge in [-0.25, -0.2) is 4.98 Å². The van der Waals surface area contributed by atoms with Gasteiger partial charge in [0, 0.05) is 10.9 Å². The smallest absolute Gasteiger partial charge is 0.241 e. The van der Waals surface area contributed by atoms with E-state index < -0.39 is 0 Å². The van der Waals surface area contributed by atoms with Crippen molar-refractivity contribution in [1.82, 2.24) is 4.98 Å². The van der Waals surface area contributed by atoms with Crippen molar-refractivity contribution in [2.45, 2.75) is 24.5 Å². The van der Waals surface area contributed by atoms with Gasteiger partial charge in [-0.3, -0.25) is 9.69 Å². The third-order valence-electron chi connectivity index (χ3n) is 4.79. The van der Waals surface area contributed by atoms with Gasteiger partial charge < -0.3 is 4.74 Å². The molecular weight excluding hydrogens is 380 g/mol. The van der Waals surface area contributed by atoms with E-state index >= 15 is 0 Å². The first-order valence-electron chi connectivity index (χ1n) is 8.68. The van der Waals surface area contributed by atoms with Crippen molar-refractivity contribution in [2.75, 3.05) is 12.0 Å². The molecule has 0 radical (unpaired) electrons. The molecule has 3 aromatic rings. The molecule has 0 saturated carbocycles. The maximum atomic E-state index is 13.0. The Morgan fingerprint density at radius 2 is 1.96 bits per heavy atom. The number of benzene rings is 2. The van der Waals surface area contributed by atoms with Crippen LogP contribution in [0.4, 0.5) is 5.69 Å². The third-order valence-corrected chi connectivity index (χ3v) is 6.43. The predicted octanol–water partition coefficient (Wildman–Crippen LogP) is 5.37. The number of aromatic nitrogens is 1. The van der Waals surface area contributed by atoms with Crippen LogP contribution in [0.1, 0.15) is 23.4 Å². The average molecular weight is 399 g/mol. The standard InChI is InChI=1S/C21H19ClN2O2S/c1-12-7-6-8-14-11-15(19(22)23-18(12)14)21-24(20(25)13(2)27-21)16-9-4-5-10-17(16)26-3/h4-11,13,21H,1-3H3. The summed E-state index contributed by atoms with van der Waals surface area (Å²) in [5.74, 6) is 0.696. The minimum atomic E-state index is -0.256. The molecule has 1 saturated heterocycles. The maximum absolute atomic E-state index is 13.0. The fraction of sp³-hybridized carbons (Fsp3) is 0.238. The quantitative estimate of drug-likeness (QED) is 0.556. The number of hydrogen-bond acceptors (Lipinski definition) is 4. The van der Waals surface area contributed by atoms with Crippen LogP contribution >= 0.6 is 23.4 Å². The Balaban J connectivity index is 1.88. The number of fused-ring (bicyclic) bond motifs is 1. The summed E-state index contributed by atoms with van der Waals surface area (Å²) in [5, 5.41) is 1.01. The molecule has 1 aliphatic heterocycles. The van der Waals surface area contributed by atoms with Gasteiger partial charge in [-0.05, 0) is 37.6 Å². The number of nitrogens with zero attached hydrogens (tertiary/aromatic N) is 2. The molecule has 1 aromatic heterocycles. The molecule has 0 bridgehead atoms. The van der Waals surface area contributed by atoms with Crippen molar-refractivity contribution in [2.24, 2.45) is 0 Å². The van der Waals surface area contributed by atoms with E-state index in [1.54, 1.807) is 23.8 Å². The van der Waals surface area contributed by atoms with Gasteiger partial charge in [0.25, 0.3) is 0 Å². The van der Waals surface area contributed by atoms with Crippen LogP contribution in [0.3, 0.4) is 0 Å². The van der Waals surface area contributed by atoms with E-state index in [1.807, 2.05) is 62.4 Å². The minimum absolute atomic E-state index is 0.0369. The highest BCUT2D eigenvalue weighted by molar-refractivity contribution is 8.01. The Bertz CT molecular complexity index is 1040. The minimum Gasteiger partial charge on any atom is -0.495 e. The van der Waals surface area contributed by atoms with E-state index in [2.05, 4.69) is 4.98 Å². The summed E-state index contributed by atoms with van der Waals surface area (Å²) in [6.07, 6.45) is 0. The molecule has 2 unspecified atom stereocenters. The van der Waals surface area contributed by atoms with Gasteiger partial charge in [0.1, 0.15) is 16.3 Å². The Kier molecular flexibility index (Phi) is 4.74. The number of anilines is 1. The number of aryl methyl sites for hydroxylation is 1. The summed E-state index contributed by atoms with van der Waals surface area (Å²) >= 11 is 8.16. The molecule has 138 valence electrons. The zero-order chi connectivity index (χ0) is 19.1. The lowest BCUT2D eigenvalue weighted by Gasteiger charge is -2.26. The van der Waals surface area contributed by atoms with Gasteiger partial charge in [0.2, 0.25) is 5.91 Å². The second-order valence-corrected chi connectivity index (χ2v) is 8.31. The average Bonchev–Trinajstić information content (AvgIpc) is 2.96. The Labute approximate surface area is 167 Å². The van der Waals surface area contributed by atoms with Crippen molar-refractivity contribution in [3.63, 3.8) is 0 Å². The van der Waals surface area contributed by atoms with Crippen molar-refractivity contribution in [3.8, 4) is 5.75 Å². The second kappa shape index (κ2) is 7.06. The molecule has 1 fully saturated rings. The van der Waals surface area contributed by atoms with Gasteiger partial charge >= 0.3 is 0 Å². The first kappa shape index (κ1) is 18.1. The zero-order valence-electron chi connectivity index (χ0n) is 15.3. The number of ether oxygens (including phenoxy) is 1. The number of methoxy groups -OCH3 is 1. The molecule has 4 rings (SSSR count). The van der Waals surface area contributed by atoms with Crippen LogP contribution < -0.4 is 9.64 Å². The van der Waals surface area contributed by atoms with Gasteiger partial charge in [-0.2, -0.15) is 0 Å². The Morgan fingerprint density at radius 3 is 2.74 bits per heavy atom. The number of thioether (sulfide) groups is 1. The largest absolute Gasteiger partial charge is 0.495 e. The molecule has 6 heteroatoms. The van der Waals surface area contributed by atoms with Crippen LogP contribution in [0.25, 0.3) is 10.9 Å².